The minimum Gasteiger partial charge on any atom is -0.493 e. The highest BCUT2D eigenvalue weighted by atomic mass is 32.1. The average Bonchev–Trinajstić information content (AvgIpc) is 2.78. The Morgan fingerprint density at radius 1 is 1.50 bits per heavy atom. The molecule has 0 saturated heterocycles. The first-order valence-electron chi connectivity index (χ1n) is 5.52. The Morgan fingerprint density at radius 2 is 2.33 bits per heavy atom. The van der Waals surface area contributed by atoms with Gasteiger partial charge in [-0.3, -0.25) is 0 Å². The molecule has 0 aliphatic rings. The summed E-state index contributed by atoms with van der Waals surface area (Å²) in [5, 5.41) is 11.1. The second-order valence-electron chi connectivity index (χ2n) is 3.85. The molecule has 5 heteroatoms. The Labute approximate surface area is 109 Å². The Bertz CT molecular complexity index is 551. The van der Waals surface area contributed by atoms with E-state index in [2.05, 4.69) is 4.98 Å². The average molecular weight is 263 g/mol. The number of ether oxygens (including phenoxy) is 1. The second-order valence-corrected chi connectivity index (χ2v) is 4.79. The summed E-state index contributed by atoms with van der Waals surface area (Å²) in [6.07, 6.45) is 0.617. The molecule has 1 N–H and O–H groups in total. The minimum absolute atomic E-state index is 0.102. The maximum atomic E-state index is 10.7. The van der Waals surface area contributed by atoms with Crippen LogP contribution in [0.15, 0.2) is 29.6 Å². The van der Waals surface area contributed by atoms with Crippen LogP contribution in [0.4, 0.5) is 0 Å². The number of aryl methyl sites for hydroxylation is 1. The molecule has 0 fully saturated rings. The molecular weight excluding hydrogens is 250 g/mol. The number of rotatable bonds is 5. The Kier molecular flexibility index (Phi) is 3.94. The maximum Gasteiger partial charge on any atom is 0.355 e. The molecule has 1 aromatic heterocycles. The zero-order valence-corrected chi connectivity index (χ0v) is 10.7. The summed E-state index contributed by atoms with van der Waals surface area (Å²) < 4.78 is 5.58. The Hall–Kier alpha value is -1.88. The summed E-state index contributed by atoms with van der Waals surface area (Å²) in [6, 6.07) is 7.81. The van der Waals surface area contributed by atoms with Gasteiger partial charge in [-0.2, -0.15) is 0 Å². The van der Waals surface area contributed by atoms with Crippen molar-refractivity contribution < 1.29 is 14.6 Å². The van der Waals surface area contributed by atoms with Crippen LogP contribution in [0.1, 0.15) is 21.1 Å². The summed E-state index contributed by atoms with van der Waals surface area (Å²) in [5.74, 6) is -0.165. The Balaban J connectivity index is 1.86. The molecule has 0 unspecified atom stereocenters. The third kappa shape index (κ3) is 3.30. The van der Waals surface area contributed by atoms with Crippen molar-refractivity contribution in [1.29, 1.82) is 0 Å². The number of hydrogen-bond donors (Lipinski definition) is 1. The summed E-state index contributed by atoms with van der Waals surface area (Å²) >= 11 is 1.34. The van der Waals surface area contributed by atoms with Crippen molar-refractivity contribution >= 4 is 17.3 Å². The van der Waals surface area contributed by atoms with Crippen molar-refractivity contribution in [2.45, 2.75) is 13.3 Å². The molecule has 2 aromatic rings. The third-order valence-electron chi connectivity index (χ3n) is 2.35. The van der Waals surface area contributed by atoms with Crippen molar-refractivity contribution in [3.8, 4) is 5.75 Å². The van der Waals surface area contributed by atoms with Gasteiger partial charge in [0, 0.05) is 11.8 Å². The van der Waals surface area contributed by atoms with Crippen LogP contribution in [0.5, 0.6) is 5.75 Å². The van der Waals surface area contributed by atoms with Crippen LogP contribution in [0.25, 0.3) is 0 Å². The van der Waals surface area contributed by atoms with Gasteiger partial charge in [0.15, 0.2) is 5.69 Å². The molecule has 1 heterocycles. The quantitative estimate of drug-likeness (QED) is 0.901. The maximum absolute atomic E-state index is 10.7. The SMILES string of the molecule is Cc1cccc(OCCc2nc(C(=O)O)cs2)c1. The molecule has 18 heavy (non-hydrogen) atoms. The lowest BCUT2D eigenvalue weighted by Gasteiger charge is -2.05. The minimum atomic E-state index is -0.989. The molecule has 0 amide bonds. The monoisotopic (exact) mass is 263 g/mol. The first kappa shape index (κ1) is 12.6. The summed E-state index contributed by atoms with van der Waals surface area (Å²) in [4.78, 5) is 14.7. The summed E-state index contributed by atoms with van der Waals surface area (Å²) in [7, 11) is 0. The molecule has 1 aromatic carbocycles. The fourth-order valence-electron chi connectivity index (χ4n) is 1.49. The predicted octanol–water partition coefficient (Wildman–Crippen LogP) is 2.77. The van der Waals surface area contributed by atoms with Gasteiger partial charge >= 0.3 is 5.97 Å². The van der Waals surface area contributed by atoms with Gasteiger partial charge in [-0.15, -0.1) is 11.3 Å². The van der Waals surface area contributed by atoms with E-state index in [9.17, 15) is 4.79 Å². The van der Waals surface area contributed by atoms with Crippen molar-refractivity contribution in [3.05, 3.63) is 45.9 Å². The molecule has 0 bridgehead atoms. The fraction of sp³-hybridized carbons (Fsp3) is 0.231. The van der Waals surface area contributed by atoms with Gasteiger partial charge in [0.25, 0.3) is 0 Å². The van der Waals surface area contributed by atoms with Crippen LogP contribution in [-0.2, 0) is 6.42 Å². The van der Waals surface area contributed by atoms with Crippen LogP contribution in [0.3, 0.4) is 0 Å². The number of aromatic nitrogens is 1. The number of nitrogens with zero attached hydrogens (tertiary/aromatic N) is 1. The molecular formula is C13H13NO3S. The van der Waals surface area contributed by atoms with Gasteiger partial charge in [-0.1, -0.05) is 12.1 Å². The number of thiazole rings is 1. The molecule has 0 radical (unpaired) electrons. The molecule has 0 atom stereocenters. The van der Waals surface area contributed by atoms with E-state index in [0.717, 1.165) is 16.3 Å². The lowest BCUT2D eigenvalue weighted by molar-refractivity contribution is 0.0691. The molecule has 94 valence electrons. The Morgan fingerprint density at radius 3 is 3.00 bits per heavy atom. The van der Waals surface area contributed by atoms with Gasteiger partial charge < -0.3 is 9.84 Å². The number of carbonyl (C=O) groups is 1. The largest absolute Gasteiger partial charge is 0.493 e. The van der Waals surface area contributed by atoms with Crippen molar-refractivity contribution in [3.63, 3.8) is 0 Å². The van der Waals surface area contributed by atoms with Crippen LogP contribution in [0, 0.1) is 6.92 Å². The highest BCUT2D eigenvalue weighted by Gasteiger charge is 2.08. The highest BCUT2D eigenvalue weighted by molar-refractivity contribution is 7.09. The molecule has 0 aliphatic carbocycles. The zero-order valence-electron chi connectivity index (χ0n) is 9.92. The van der Waals surface area contributed by atoms with E-state index in [4.69, 9.17) is 9.84 Å². The topological polar surface area (TPSA) is 59.4 Å². The number of carboxylic acid groups (broad SMARTS) is 1. The van der Waals surface area contributed by atoms with Crippen molar-refractivity contribution in [1.82, 2.24) is 4.98 Å². The van der Waals surface area contributed by atoms with Crippen molar-refractivity contribution in [2.75, 3.05) is 6.61 Å². The molecule has 2 rings (SSSR count). The smallest absolute Gasteiger partial charge is 0.355 e. The molecule has 4 nitrogen and oxygen atoms in total. The van der Waals surface area contributed by atoms with E-state index in [1.807, 2.05) is 31.2 Å². The van der Waals surface area contributed by atoms with Gasteiger partial charge in [0.2, 0.25) is 0 Å². The lowest BCUT2D eigenvalue weighted by atomic mass is 10.2. The van der Waals surface area contributed by atoms with E-state index in [1.165, 1.54) is 11.3 Å². The molecule has 0 spiro atoms. The van der Waals surface area contributed by atoms with E-state index < -0.39 is 5.97 Å². The molecule has 0 aliphatic heterocycles. The van der Waals surface area contributed by atoms with Crippen LogP contribution in [0.2, 0.25) is 0 Å². The fourth-order valence-corrected chi connectivity index (χ4v) is 2.24. The zero-order chi connectivity index (χ0) is 13.0. The van der Waals surface area contributed by atoms with Gasteiger partial charge in [0.05, 0.1) is 11.6 Å². The number of benzene rings is 1. The summed E-state index contributed by atoms with van der Waals surface area (Å²) in [5.41, 5.74) is 1.25. The summed E-state index contributed by atoms with van der Waals surface area (Å²) in [6.45, 7) is 2.50. The normalized spacial score (nSPS) is 10.3. The number of hydrogen-bond acceptors (Lipinski definition) is 4. The first-order valence-corrected chi connectivity index (χ1v) is 6.40. The van der Waals surface area contributed by atoms with Crippen LogP contribution >= 0.6 is 11.3 Å². The van der Waals surface area contributed by atoms with E-state index in [-0.39, 0.29) is 5.69 Å². The number of aromatic carboxylic acids is 1. The molecule has 0 saturated carbocycles. The van der Waals surface area contributed by atoms with Gasteiger partial charge in [0.1, 0.15) is 5.75 Å². The standard InChI is InChI=1S/C13H13NO3S/c1-9-3-2-4-10(7-9)17-6-5-12-14-11(8-18-12)13(15)16/h2-4,7-8H,5-6H2,1H3,(H,15,16). The third-order valence-corrected chi connectivity index (χ3v) is 3.25. The van der Waals surface area contributed by atoms with Crippen LogP contribution in [-0.4, -0.2) is 22.7 Å². The number of carboxylic acids is 1. The van der Waals surface area contributed by atoms with Gasteiger partial charge in [-0.05, 0) is 24.6 Å². The predicted molar refractivity (Wildman–Crippen MR) is 69.5 cm³/mol. The van der Waals surface area contributed by atoms with E-state index in [1.54, 1.807) is 5.38 Å². The second kappa shape index (κ2) is 5.64. The lowest BCUT2D eigenvalue weighted by Crippen LogP contribution is -2.02. The van der Waals surface area contributed by atoms with E-state index in [0.29, 0.717) is 13.0 Å². The van der Waals surface area contributed by atoms with Crippen LogP contribution < -0.4 is 4.74 Å². The van der Waals surface area contributed by atoms with E-state index >= 15 is 0 Å². The van der Waals surface area contributed by atoms with Crippen molar-refractivity contribution in [2.24, 2.45) is 0 Å². The van der Waals surface area contributed by atoms with Gasteiger partial charge in [-0.25, -0.2) is 9.78 Å². The first-order chi connectivity index (χ1) is 8.65. The highest BCUT2D eigenvalue weighted by Crippen LogP contribution is 2.14.